The van der Waals surface area contributed by atoms with Gasteiger partial charge in [-0.25, -0.2) is 14.4 Å². The van der Waals surface area contributed by atoms with Crippen molar-refractivity contribution in [1.82, 2.24) is 20.0 Å². The molecule has 2 N–H and O–H groups in total. The predicted molar refractivity (Wildman–Crippen MR) is 255 cm³/mol. The fourth-order valence-electron chi connectivity index (χ4n) is 11.0. The molecule has 7 heterocycles. The number of para-hydroxylation sites is 3. The molecule has 65 heavy (non-hydrogen) atoms. The molecule has 3 fully saturated rings. The maximum atomic E-state index is 12.1. The lowest BCUT2D eigenvalue weighted by Crippen LogP contribution is -2.50. The van der Waals surface area contributed by atoms with Crippen molar-refractivity contribution in [3.63, 3.8) is 0 Å². The maximum absolute atomic E-state index is 12.1. The van der Waals surface area contributed by atoms with Crippen LogP contribution in [0.3, 0.4) is 0 Å². The molecule has 6 atom stereocenters. The molecule has 3 aromatic rings. The molecule has 3 saturated heterocycles. The van der Waals surface area contributed by atoms with E-state index in [0.29, 0.717) is 89.4 Å². The van der Waals surface area contributed by atoms with Gasteiger partial charge in [-0.15, -0.1) is 0 Å². The van der Waals surface area contributed by atoms with Crippen molar-refractivity contribution in [3.8, 4) is 0 Å². The maximum Gasteiger partial charge on any atom is 0.409 e. The van der Waals surface area contributed by atoms with Gasteiger partial charge in [0.15, 0.2) is 5.78 Å². The number of hydrogen-bond donors (Lipinski definition) is 2. The van der Waals surface area contributed by atoms with Crippen LogP contribution in [-0.2, 0) is 30.2 Å². The molecule has 0 aliphatic carbocycles. The van der Waals surface area contributed by atoms with Crippen LogP contribution in [-0.4, -0.2) is 142 Å². The van der Waals surface area contributed by atoms with Crippen molar-refractivity contribution in [2.75, 3.05) is 94.3 Å². The zero-order valence-corrected chi connectivity index (χ0v) is 40.7. The lowest BCUT2D eigenvalue weighted by Gasteiger charge is -2.39. The van der Waals surface area contributed by atoms with Crippen LogP contribution in [0.15, 0.2) is 63.5 Å². The minimum atomic E-state index is -0.253. The van der Waals surface area contributed by atoms with Crippen molar-refractivity contribution in [2.24, 2.45) is 0 Å². The number of carbonyl (C=O) groups excluding carboxylic acids is 5. The Labute approximate surface area is 397 Å². The second-order valence-electron chi connectivity index (χ2n) is 17.4. The summed E-state index contributed by atoms with van der Waals surface area (Å²) < 4.78 is 17.5. The molecular weight excluding hydrogens is 962 g/mol. The first-order valence-electron chi connectivity index (χ1n) is 22.9. The van der Waals surface area contributed by atoms with Crippen molar-refractivity contribution in [2.45, 2.75) is 82.3 Å². The average Bonchev–Trinajstić information content (AvgIpc) is 3.95. The largest absolute Gasteiger partial charge is 0.450 e. The number of ether oxygens (including phenoxy) is 3. The number of nitrogens with zero attached hydrogens (tertiary/aromatic N) is 5. The third kappa shape index (κ3) is 9.36. The van der Waals surface area contributed by atoms with Gasteiger partial charge in [-0.3, -0.25) is 9.59 Å². The third-order valence-corrected chi connectivity index (χ3v) is 15.1. The summed E-state index contributed by atoms with van der Waals surface area (Å²) in [7, 11) is 1.65. The van der Waals surface area contributed by atoms with E-state index in [-0.39, 0.29) is 41.9 Å². The summed E-state index contributed by atoms with van der Waals surface area (Å²) in [6.07, 6.45) is 2.56. The van der Waals surface area contributed by atoms with E-state index in [1.54, 1.807) is 11.9 Å². The summed E-state index contributed by atoms with van der Waals surface area (Å²) in [5.41, 5.74) is 8.43. The SMILES string of the molecule is CCOC(=O)N1CC[C@@H]2Nc3c(Br)cccc3[C@@H]2C1.CCOC(=O)N1CC[C@H]2[C@@H](C1)c1cccc(Br)c1N2CC(=O)NC.CCOC(=O)N1CC[C@H]2[C@@H](C1)c1cccc3c1N2CC(=O)C3. The van der Waals surface area contributed by atoms with Gasteiger partial charge in [-0.2, -0.15) is 0 Å². The van der Waals surface area contributed by atoms with E-state index >= 15 is 0 Å². The number of fused-ring (bicyclic) bond motifs is 9. The van der Waals surface area contributed by atoms with Crippen LogP contribution in [0, 0.1) is 0 Å². The number of anilines is 3. The van der Waals surface area contributed by atoms with Gasteiger partial charge in [0.25, 0.3) is 0 Å². The quantitative estimate of drug-likeness (QED) is 0.245. The van der Waals surface area contributed by atoms with Crippen LogP contribution in [0.5, 0.6) is 0 Å². The molecule has 348 valence electrons. The number of amides is 4. The molecule has 7 aliphatic heterocycles. The minimum Gasteiger partial charge on any atom is -0.450 e. The number of likely N-dealkylation sites (tertiary alicyclic amines) is 3. The van der Waals surface area contributed by atoms with E-state index in [4.69, 9.17) is 14.2 Å². The van der Waals surface area contributed by atoms with Gasteiger partial charge in [0.05, 0.1) is 44.3 Å². The van der Waals surface area contributed by atoms with E-state index in [1.165, 1.54) is 28.1 Å². The number of nitrogens with one attached hydrogen (secondary N) is 2. The zero-order chi connectivity index (χ0) is 45.9. The van der Waals surface area contributed by atoms with E-state index < -0.39 is 0 Å². The van der Waals surface area contributed by atoms with Gasteiger partial charge in [0.1, 0.15) is 0 Å². The first kappa shape index (κ1) is 46.5. The number of hydrogen-bond acceptors (Lipinski definition) is 11. The lowest BCUT2D eigenvalue weighted by molar-refractivity contribution is -0.119. The number of piperidine rings is 3. The highest BCUT2D eigenvalue weighted by Crippen LogP contribution is 2.49. The molecule has 17 heteroatoms. The second-order valence-corrected chi connectivity index (χ2v) is 19.1. The second kappa shape index (κ2) is 20.2. The number of halogens is 2. The number of ketones is 1. The van der Waals surface area contributed by atoms with E-state index in [1.807, 2.05) is 54.8 Å². The molecule has 7 aliphatic rings. The summed E-state index contributed by atoms with van der Waals surface area (Å²) in [6, 6.07) is 19.6. The van der Waals surface area contributed by atoms with Crippen LogP contribution < -0.4 is 20.4 Å². The summed E-state index contributed by atoms with van der Waals surface area (Å²) in [5, 5.41) is 6.27. The first-order chi connectivity index (χ1) is 31.5. The van der Waals surface area contributed by atoms with E-state index in [9.17, 15) is 24.0 Å². The van der Waals surface area contributed by atoms with Gasteiger partial charge in [0, 0.05) is 103 Å². The van der Waals surface area contributed by atoms with Crippen LogP contribution in [0.2, 0.25) is 0 Å². The highest BCUT2D eigenvalue weighted by Gasteiger charge is 2.47. The Morgan fingerprint density at radius 1 is 0.677 bits per heavy atom. The Morgan fingerprint density at radius 2 is 1.20 bits per heavy atom. The molecule has 0 radical (unpaired) electrons. The Kier molecular flexibility index (Phi) is 14.5. The molecule has 0 bridgehead atoms. The Morgan fingerprint density at radius 3 is 1.82 bits per heavy atom. The standard InChI is InChI=1S/C17H22BrN3O3.C17H20N2O3.C14H17BrN2O2/c1-3-24-17(23)20-8-7-14-12(9-20)11-5-4-6-13(18)16(11)21(14)10-15(22)19-2;1-2-22-17(21)18-7-6-15-14(10-18)13-5-3-4-11-8-12(20)9-19(15)16(11)13;1-2-19-14(18)17-7-6-12-10(8-17)9-4-3-5-11(15)13(9)16-12/h4-6,12,14H,3,7-10H2,1-2H3,(H,19,22);3-5,14-15H,2,6-10H2,1H3;3-5,10,12,16H,2,6-8H2,1H3/t12-,14-;14-,15-;10-,12-/m000/s1. The smallest absolute Gasteiger partial charge is 0.409 e. The molecule has 3 aromatic carbocycles. The fourth-order valence-corrected chi connectivity index (χ4v) is 12.1. The highest BCUT2D eigenvalue weighted by molar-refractivity contribution is 9.11. The number of benzene rings is 3. The van der Waals surface area contributed by atoms with E-state index in [0.717, 1.165) is 52.5 Å². The van der Waals surface area contributed by atoms with Crippen LogP contribution in [0.25, 0.3) is 0 Å². The fraction of sp³-hybridized carbons (Fsp3) is 0.521. The Bertz CT molecular complexity index is 2300. The zero-order valence-electron chi connectivity index (χ0n) is 37.5. The molecule has 0 spiro atoms. The molecule has 0 unspecified atom stereocenters. The molecule has 15 nitrogen and oxygen atoms in total. The Hall–Kier alpha value is -5.03. The van der Waals surface area contributed by atoms with Gasteiger partial charge in [-0.05, 0) is 106 Å². The van der Waals surface area contributed by atoms with Crippen LogP contribution >= 0.6 is 31.9 Å². The number of likely N-dealkylation sites (N-methyl/N-ethyl adjacent to an activating group) is 1. The van der Waals surface area contributed by atoms with Crippen molar-refractivity contribution in [1.29, 1.82) is 0 Å². The topological polar surface area (TPSA) is 153 Å². The number of Topliss-reactive ketones (excluding diaryl/α,β-unsaturated/α-hetero) is 1. The van der Waals surface area contributed by atoms with Gasteiger partial charge < -0.3 is 49.3 Å². The van der Waals surface area contributed by atoms with Crippen molar-refractivity contribution in [3.05, 3.63) is 85.8 Å². The van der Waals surface area contributed by atoms with Gasteiger partial charge in [0.2, 0.25) is 5.91 Å². The lowest BCUT2D eigenvalue weighted by atomic mass is 9.89. The first-order valence-corrected chi connectivity index (χ1v) is 24.5. The Balaban J connectivity index is 0.000000134. The van der Waals surface area contributed by atoms with Crippen molar-refractivity contribution < 1.29 is 38.2 Å². The molecule has 0 saturated carbocycles. The number of rotatable bonds is 5. The van der Waals surface area contributed by atoms with Gasteiger partial charge >= 0.3 is 18.3 Å². The minimum absolute atomic E-state index is 0.00910. The monoisotopic (exact) mass is 1020 g/mol. The van der Waals surface area contributed by atoms with Crippen LogP contribution in [0.1, 0.15) is 80.0 Å². The summed E-state index contributed by atoms with van der Waals surface area (Å²) >= 11 is 7.21. The molecule has 10 rings (SSSR count). The summed E-state index contributed by atoms with van der Waals surface area (Å²) in [6.45, 7) is 11.7. The normalized spacial score (nSPS) is 24.0. The van der Waals surface area contributed by atoms with Crippen LogP contribution in [0.4, 0.5) is 31.4 Å². The highest BCUT2D eigenvalue weighted by atomic mass is 79.9. The van der Waals surface area contributed by atoms with E-state index in [2.05, 4.69) is 82.6 Å². The molecule has 4 amide bonds. The third-order valence-electron chi connectivity index (χ3n) is 13.8. The average molecular weight is 1020 g/mol. The van der Waals surface area contributed by atoms with Gasteiger partial charge in [-0.1, -0.05) is 42.5 Å². The predicted octanol–water partition coefficient (Wildman–Crippen LogP) is 7.46. The summed E-state index contributed by atoms with van der Waals surface area (Å²) in [5.74, 6) is 1.13. The number of carbonyl (C=O) groups is 5. The summed E-state index contributed by atoms with van der Waals surface area (Å²) in [4.78, 5) is 69.8. The molecular formula is C48H59Br2N7O8. The molecule has 0 aromatic heterocycles. The van der Waals surface area contributed by atoms with Crippen molar-refractivity contribution >= 4 is 78.9 Å².